The number of allylic oxidation sites excluding steroid dienone is 1. The molecule has 0 aliphatic carbocycles. The summed E-state index contributed by atoms with van der Waals surface area (Å²) in [4.78, 5) is 0. The van der Waals surface area contributed by atoms with Crippen LogP contribution in [-0.2, 0) is 6.61 Å². The summed E-state index contributed by atoms with van der Waals surface area (Å²) in [5.41, 5.74) is 2.57. The van der Waals surface area contributed by atoms with Crippen LogP contribution in [-0.4, -0.2) is 6.61 Å². The van der Waals surface area contributed by atoms with Gasteiger partial charge in [0.05, 0.1) is 33.3 Å². The molecule has 0 fully saturated rings. The van der Waals surface area contributed by atoms with E-state index in [9.17, 15) is 5.26 Å². The van der Waals surface area contributed by atoms with E-state index in [2.05, 4.69) is 6.07 Å². The smallest absolute Gasteiger partial charge is 0.180 e. The highest BCUT2D eigenvalue weighted by atomic mass is 35.5. The molecule has 0 aliphatic rings. The summed E-state index contributed by atoms with van der Waals surface area (Å²) in [7, 11) is 0. The van der Waals surface area contributed by atoms with Gasteiger partial charge in [-0.15, -0.1) is 0 Å². The van der Waals surface area contributed by atoms with Gasteiger partial charge in [0.15, 0.2) is 11.5 Å². The highest BCUT2D eigenvalue weighted by Crippen LogP contribution is 2.38. The molecule has 0 unspecified atom stereocenters. The van der Waals surface area contributed by atoms with Gasteiger partial charge in [-0.25, -0.2) is 0 Å². The van der Waals surface area contributed by atoms with Gasteiger partial charge in [-0.05, 0) is 54.5 Å². The Morgan fingerprint density at radius 3 is 2.35 bits per heavy atom. The molecule has 158 valence electrons. The lowest BCUT2D eigenvalue weighted by atomic mass is 10.0. The Morgan fingerprint density at radius 2 is 1.68 bits per heavy atom. The van der Waals surface area contributed by atoms with E-state index < -0.39 is 0 Å². The lowest BCUT2D eigenvalue weighted by Gasteiger charge is -2.15. The minimum absolute atomic E-state index is 0.231. The fourth-order valence-corrected chi connectivity index (χ4v) is 3.71. The molecule has 0 saturated carbocycles. The largest absolute Gasteiger partial charge is 0.490 e. The molecule has 3 aromatic carbocycles. The second-order valence-electron chi connectivity index (χ2n) is 6.45. The van der Waals surface area contributed by atoms with Crippen LogP contribution in [0.15, 0.2) is 54.6 Å². The van der Waals surface area contributed by atoms with Crippen molar-refractivity contribution in [3.63, 3.8) is 0 Å². The SMILES string of the molecule is CCOc1cc(C=C(C#N)c2ccccc2Cl)cc(Cl)c1OCc1ccc(Cl)c(Cl)c1. The number of benzene rings is 3. The zero-order valence-corrected chi connectivity index (χ0v) is 19.5. The molecule has 0 N–H and O–H groups in total. The highest BCUT2D eigenvalue weighted by molar-refractivity contribution is 6.42. The molecule has 3 aromatic rings. The van der Waals surface area contributed by atoms with Gasteiger partial charge in [0.25, 0.3) is 0 Å². The Morgan fingerprint density at radius 1 is 0.903 bits per heavy atom. The van der Waals surface area contributed by atoms with Crippen molar-refractivity contribution in [3.05, 3.63) is 91.4 Å². The van der Waals surface area contributed by atoms with Gasteiger partial charge in [0, 0.05) is 10.6 Å². The number of rotatable bonds is 7. The van der Waals surface area contributed by atoms with Crippen LogP contribution in [0.2, 0.25) is 20.1 Å². The number of ether oxygens (including phenoxy) is 2. The third-order valence-corrected chi connectivity index (χ3v) is 5.64. The van der Waals surface area contributed by atoms with Crippen LogP contribution in [0, 0.1) is 11.3 Å². The maximum atomic E-state index is 9.63. The Kier molecular flexibility index (Phi) is 8.12. The van der Waals surface area contributed by atoms with Gasteiger partial charge in [-0.1, -0.05) is 70.7 Å². The van der Waals surface area contributed by atoms with E-state index in [1.54, 1.807) is 42.5 Å². The lowest BCUT2D eigenvalue weighted by molar-refractivity contribution is 0.269. The van der Waals surface area contributed by atoms with Gasteiger partial charge >= 0.3 is 0 Å². The van der Waals surface area contributed by atoms with Crippen molar-refractivity contribution in [3.8, 4) is 17.6 Å². The predicted molar refractivity (Wildman–Crippen MR) is 128 cm³/mol. The zero-order valence-electron chi connectivity index (χ0n) is 16.5. The predicted octanol–water partition coefficient (Wildman–Crippen LogP) is 8.34. The number of halogens is 4. The summed E-state index contributed by atoms with van der Waals surface area (Å²) >= 11 is 24.8. The summed E-state index contributed by atoms with van der Waals surface area (Å²) < 4.78 is 11.7. The van der Waals surface area contributed by atoms with Crippen LogP contribution in [0.4, 0.5) is 0 Å². The van der Waals surface area contributed by atoms with Crippen molar-refractivity contribution in [2.45, 2.75) is 13.5 Å². The van der Waals surface area contributed by atoms with E-state index in [0.717, 1.165) is 5.56 Å². The first-order chi connectivity index (χ1) is 14.9. The molecular formula is C24H17Cl4NO2. The maximum absolute atomic E-state index is 9.63. The third kappa shape index (κ3) is 5.87. The standard InChI is InChI=1S/C24H17Cl4NO2/c1-2-30-23-12-16(9-17(13-29)18-5-3-4-6-19(18)25)11-22(28)24(23)31-14-15-7-8-20(26)21(27)10-15/h3-12H,2,14H2,1H3. The molecule has 0 aromatic heterocycles. The first kappa shape index (κ1) is 23.3. The molecule has 0 amide bonds. The minimum Gasteiger partial charge on any atom is -0.490 e. The third-order valence-electron chi connectivity index (χ3n) is 4.29. The topological polar surface area (TPSA) is 42.2 Å². The molecule has 0 radical (unpaired) electrons. The quantitative estimate of drug-likeness (QED) is 0.246. The first-order valence-corrected chi connectivity index (χ1v) is 10.8. The second-order valence-corrected chi connectivity index (χ2v) is 8.08. The summed E-state index contributed by atoms with van der Waals surface area (Å²) in [6.45, 7) is 2.51. The highest BCUT2D eigenvalue weighted by Gasteiger charge is 2.14. The second kappa shape index (κ2) is 10.8. The van der Waals surface area contributed by atoms with Crippen molar-refractivity contribution in [2.75, 3.05) is 6.61 Å². The molecule has 0 heterocycles. The van der Waals surface area contributed by atoms with Gasteiger partial charge in [0.1, 0.15) is 6.61 Å². The van der Waals surface area contributed by atoms with E-state index in [0.29, 0.717) is 54.9 Å². The van der Waals surface area contributed by atoms with Crippen molar-refractivity contribution < 1.29 is 9.47 Å². The lowest BCUT2D eigenvalue weighted by Crippen LogP contribution is -2.01. The fraction of sp³-hybridized carbons (Fsp3) is 0.125. The van der Waals surface area contributed by atoms with E-state index in [-0.39, 0.29) is 6.61 Å². The Hall–Kier alpha value is -2.35. The summed E-state index contributed by atoms with van der Waals surface area (Å²) in [5.74, 6) is 0.876. The molecule has 0 aliphatic heterocycles. The van der Waals surface area contributed by atoms with Gasteiger partial charge < -0.3 is 9.47 Å². The summed E-state index contributed by atoms with van der Waals surface area (Å²) in [5, 5.41) is 11.4. The normalized spacial score (nSPS) is 11.2. The van der Waals surface area contributed by atoms with Crippen molar-refractivity contribution in [1.29, 1.82) is 5.26 Å². The van der Waals surface area contributed by atoms with Gasteiger partial charge in [0.2, 0.25) is 0 Å². The van der Waals surface area contributed by atoms with Crippen molar-refractivity contribution in [1.82, 2.24) is 0 Å². The minimum atomic E-state index is 0.231. The molecule has 0 atom stereocenters. The number of nitriles is 1. The Labute approximate surface area is 201 Å². The first-order valence-electron chi connectivity index (χ1n) is 9.32. The number of hydrogen-bond acceptors (Lipinski definition) is 3. The molecule has 0 bridgehead atoms. The fourth-order valence-electron chi connectivity index (χ4n) is 2.88. The molecule has 3 rings (SSSR count). The average Bonchev–Trinajstić information content (AvgIpc) is 2.74. The van der Waals surface area contributed by atoms with Crippen molar-refractivity contribution in [2.24, 2.45) is 0 Å². The van der Waals surface area contributed by atoms with Crippen molar-refractivity contribution >= 4 is 58.1 Å². The maximum Gasteiger partial charge on any atom is 0.180 e. The molecule has 7 heteroatoms. The van der Waals surface area contributed by atoms with Gasteiger partial charge in [-0.2, -0.15) is 5.26 Å². The van der Waals surface area contributed by atoms with Crippen LogP contribution in [0.25, 0.3) is 11.6 Å². The zero-order chi connectivity index (χ0) is 22.4. The van der Waals surface area contributed by atoms with E-state index in [1.165, 1.54) is 0 Å². The molecule has 31 heavy (non-hydrogen) atoms. The van der Waals surface area contributed by atoms with Crippen LogP contribution in [0.3, 0.4) is 0 Å². The molecule has 3 nitrogen and oxygen atoms in total. The van der Waals surface area contributed by atoms with Gasteiger partial charge in [-0.3, -0.25) is 0 Å². The molecular weight excluding hydrogens is 476 g/mol. The molecule has 0 spiro atoms. The van der Waals surface area contributed by atoms with Crippen LogP contribution >= 0.6 is 46.4 Å². The van der Waals surface area contributed by atoms with Crippen LogP contribution < -0.4 is 9.47 Å². The number of nitrogens with zero attached hydrogens (tertiary/aromatic N) is 1. The number of hydrogen-bond donors (Lipinski definition) is 0. The summed E-state index contributed by atoms with van der Waals surface area (Å²) in [6, 6.07) is 18.1. The van der Waals surface area contributed by atoms with E-state index in [4.69, 9.17) is 55.9 Å². The Balaban J connectivity index is 1.93. The average molecular weight is 493 g/mol. The molecule has 0 saturated heterocycles. The van der Waals surface area contributed by atoms with Crippen LogP contribution in [0.1, 0.15) is 23.6 Å². The van der Waals surface area contributed by atoms with E-state index in [1.807, 2.05) is 25.1 Å². The Bertz CT molecular complexity index is 1170. The van der Waals surface area contributed by atoms with E-state index >= 15 is 0 Å². The monoisotopic (exact) mass is 491 g/mol. The summed E-state index contributed by atoms with van der Waals surface area (Å²) in [6.07, 6.45) is 1.71. The van der Waals surface area contributed by atoms with Crippen LogP contribution in [0.5, 0.6) is 11.5 Å².